The van der Waals surface area contributed by atoms with Crippen LogP contribution in [-0.2, 0) is 26.2 Å². The first kappa shape index (κ1) is 26.9. The summed E-state index contributed by atoms with van der Waals surface area (Å²) >= 11 is 18.6. The van der Waals surface area contributed by atoms with E-state index in [2.05, 4.69) is 10.5 Å². The van der Waals surface area contributed by atoms with E-state index in [-0.39, 0.29) is 35.1 Å². The zero-order chi connectivity index (χ0) is 29.2. The number of halogens is 3. The highest BCUT2D eigenvalue weighted by atomic mass is 35.5. The maximum atomic E-state index is 14.4. The smallest absolute Gasteiger partial charge is 0.244 e. The molecule has 1 saturated heterocycles. The van der Waals surface area contributed by atoms with E-state index in [1.165, 1.54) is 11.0 Å². The van der Waals surface area contributed by atoms with Gasteiger partial charge in [0.1, 0.15) is 0 Å². The van der Waals surface area contributed by atoms with Crippen LogP contribution in [0, 0.1) is 11.8 Å². The molecule has 2 bridgehead atoms. The van der Waals surface area contributed by atoms with Crippen LogP contribution in [0.2, 0.25) is 15.1 Å². The summed E-state index contributed by atoms with van der Waals surface area (Å²) in [5, 5.41) is 5.64. The first-order valence-electron chi connectivity index (χ1n) is 13.4. The van der Waals surface area contributed by atoms with Crippen LogP contribution in [0.1, 0.15) is 33.7 Å². The molecule has 0 spiro atoms. The maximum Gasteiger partial charge on any atom is 0.244 e. The molecule has 4 aromatic rings. The predicted octanol–water partition coefficient (Wildman–Crippen LogP) is 6.54. The van der Waals surface area contributed by atoms with Gasteiger partial charge in [0, 0.05) is 22.2 Å². The van der Waals surface area contributed by atoms with Gasteiger partial charge in [-0.05, 0) is 58.1 Å². The summed E-state index contributed by atoms with van der Waals surface area (Å²) in [5.74, 6) is -2.84. The average molecular weight is 615 g/mol. The zero-order valence-corrected chi connectivity index (χ0v) is 24.2. The normalized spacial score (nSPS) is 23.6. The Kier molecular flexibility index (Phi) is 6.46. The Hall–Kier alpha value is -3.97. The molecule has 8 rings (SSSR count). The van der Waals surface area contributed by atoms with Gasteiger partial charge in [-0.15, -0.1) is 0 Å². The second-order valence-corrected chi connectivity index (χ2v) is 12.0. The summed E-state index contributed by atoms with van der Waals surface area (Å²) in [5.41, 5.74) is 6.30. The van der Waals surface area contributed by atoms with Gasteiger partial charge in [0.2, 0.25) is 17.7 Å². The van der Waals surface area contributed by atoms with Crippen LogP contribution < -0.4 is 10.3 Å². The van der Waals surface area contributed by atoms with Crippen molar-refractivity contribution in [2.75, 3.05) is 4.90 Å². The summed E-state index contributed by atoms with van der Waals surface area (Å²) < 4.78 is 0. The number of hydrogen-bond acceptors (Lipinski definition) is 4. The number of anilines is 1. The minimum Gasteiger partial charge on any atom is -0.274 e. The minimum absolute atomic E-state index is 0.100. The van der Waals surface area contributed by atoms with Gasteiger partial charge < -0.3 is 0 Å². The number of hydrazone groups is 1. The van der Waals surface area contributed by atoms with E-state index < -0.39 is 17.3 Å². The van der Waals surface area contributed by atoms with Gasteiger partial charge in [0.05, 0.1) is 34.4 Å². The number of hydrogen-bond donors (Lipinski definition) is 1. The van der Waals surface area contributed by atoms with Crippen molar-refractivity contribution in [1.29, 1.82) is 0 Å². The molecule has 9 heteroatoms. The predicted molar refractivity (Wildman–Crippen MR) is 163 cm³/mol. The molecule has 4 aliphatic rings. The van der Waals surface area contributed by atoms with Crippen molar-refractivity contribution in [1.82, 2.24) is 5.43 Å². The molecule has 0 saturated carbocycles. The summed E-state index contributed by atoms with van der Waals surface area (Å²) in [6.07, 6.45) is 1.73. The van der Waals surface area contributed by atoms with E-state index in [0.717, 1.165) is 27.8 Å². The molecule has 1 fully saturated rings. The Morgan fingerprint density at radius 2 is 1.45 bits per heavy atom. The quantitative estimate of drug-likeness (QED) is 0.158. The lowest BCUT2D eigenvalue weighted by Gasteiger charge is -2.52. The molecule has 0 radical (unpaired) electrons. The molecular weight excluding hydrogens is 593 g/mol. The van der Waals surface area contributed by atoms with Crippen LogP contribution in [0.4, 0.5) is 5.69 Å². The average Bonchev–Trinajstić information content (AvgIpc) is 3.25. The number of rotatable bonds is 5. The third-order valence-electron chi connectivity index (χ3n) is 8.57. The molecule has 4 aromatic carbocycles. The van der Waals surface area contributed by atoms with Crippen LogP contribution in [0.25, 0.3) is 0 Å². The topological polar surface area (TPSA) is 78.8 Å². The Bertz CT molecular complexity index is 1770. The Morgan fingerprint density at radius 3 is 2.10 bits per heavy atom. The summed E-state index contributed by atoms with van der Waals surface area (Å²) in [4.78, 5) is 42.7. The fraction of sp³-hybridized carbons (Fsp3) is 0.152. The van der Waals surface area contributed by atoms with Crippen LogP contribution in [0.15, 0.2) is 96.1 Å². The van der Waals surface area contributed by atoms with Crippen LogP contribution in [0.3, 0.4) is 0 Å². The molecule has 0 unspecified atom stereocenters. The van der Waals surface area contributed by atoms with E-state index in [4.69, 9.17) is 34.8 Å². The number of carbonyl (C=O) groups is 3. The van der Waals surface area contributed by atoms with Gasteiger partial charge in [-0.2, -0.15) is 5.10 Å². The van der Waals surface area contributed by atoms with Crippen molar-refractivity contribution in [2.24, 2.45) is 16.9 Å². The molecule has 1 heterocycles. The van der Waals surface area contributed by atoms with Crippen molar-refractivity contribution in [3.05, 3.63) is 134 Å². The van der Waals surface area contributed by atoms with Crippen molar-refractivity contribution in [3.63, 3.8) is 0 Å². The largest absolute Gasteiger partial charge is 0.274 e. The highest BCUT2D eigenvalue weighted by Crippen LogP contribution is 2.63. The number of benzene rings is 4. The fourth-order valence-electron chi connectivity index (χ4n) is 6.98. The Labute approximate surface area is 256 Å². The Balaban J connectivity index is 1.35. The van der Waals surface area contributed by atoms with Crippen LogP contribution >= 0.6 is 34.8 Å². The van der Waals surface area contributed by atoms with Gasteiger partial charge in [0.25, 0.3) is 0 Å². The maximum absolute atomic E-state index is 14.4. The zero-order valence-electron chi connectivity index (χ0n) is 21.9. The van der Waals surface area contributed by atoms with Gasteiger partial charge >= 0.3 is 0 Å². The molecular formula is C33H22Cl3N3O3. The van der Waals surface area contributed by atoms with Gasteiger partial charge in [-0.25, -0.2) is 10.3 Å². The first-order valence-corrected chi connectivity index (χ1v) is 14.5. The molecule has 3 aliphatic carbocycles. The molecule has 6 nitrogen and oxygen atoms in total. The molecule has 3 amide bonds. The summed E-state index contributed by atoms with van der Waals surface area (Å²) in [6, 6.07) is 27.4. The molecule has 2 atom stereocenters. The number of amides is 3. The highest BCUT2D eigenvalue weighted by molar-refractivity contribution is 6.38. The fourth-order valence-corrected chi connectivity index (χ4v) is 7.60. The second kappa shape index (κ2) is 10.1. The van der Waals surface area contributed by atoms with E-state index >= 15 is 0 Å². The van der Waals surface area contributed by atoms with Gasteiger partial charge in [-0.1, -0.05) is 95.5 Å². The highest BCUT2D eigenvalue weighted by Gasteiger charge is 2.68. The van der Waals surface area contributed by atoms with E-state index in [9.17, 15) is 14.4 Å². The number of carbonyl (C=O) groups excluding carboxylic acids is 3. The molecule has 1 aliphatic heterocycles. The Morgan fingerprint density at radius 1 is 0.833 bits per heavy atom. The molecule has 0 aromatic heterocycles. The lowest BCUT2D eigenvalue weighted by atomic mass is 9.47. The lowest BCUT2D eigenvalue weighted by molar-refractivity contribution is -0.123. The minimum atomic E-state index is -1.11. The van der Waals surface area contributed by atoms with Crippen molar-refractivity contribution < 1.29 is 14.4 Å². The summed E-state index contributed by atoms with van der Waals surface area (Å²) in [7, 11) is 0. The van der Waals surface area contributed by atoms with Gasteiger partial charge in [0.15, 0.2) is 0 Å². The van der Waals surface area contributed by atoms with Crippen molar-refractivity contribution in [3.8, 4) is 0 Å². The standard InChI is InChI=1S/C33H22Cl3N3O3/c34-19-11-9-18(10-12-19)15-27(40)38-37-17-33-23-7-3-1-5-21(23)28(22-6-2-4-8-24(22)33)29-30(33)32(42)39(31(29)41)26-14-13-20(35)16-25(26)36/h1-14,16-17,28-30H,15H2,(H,38,40)/b37-17-/t28?,29-,30-,33?/m1/s1. The summed E-state index contributed by atoms with van der Waals surface area (Å²) in [6.45, 7) is 0. The number of nitrogens with zero attached hydrogens (tertiary/aromatic N) is 2. The van der Waals surface area contributed by atoms with Crippen molar-refractivity contribution in [2.45, 2.75) is 17.8 Å². The van der Waals surface area contributed by atoms with Crippen LogP contribution in [-0.4, -0.2) is 23.9 Å². The van der Waals surface area contributed by atoms with E-state index in [1.54, 1.807) is 42.6 Å². The molecule has 1 N–H and O–H groups in total. The number of nitrogens with one attached hydrogen (secondary N) is 1. The van der Waals surface area contributed by atoms with E-state index in [0.29, 0.717) is 15.7 Å². The van der Waals surface area contributed by atoms with Gasteiger partial charge in [-0.3, -0.25) is 14.4 Å². The monoisotopic (exact) mass is 613 g/mol. The molecule has 208 valence electrons. The van der Waals surface area contributed by atoms with Crippen LogP contribution in [0.5, 0.6) is 0 Å². The first-order chi connectivity index (χ1) is 20.3. The lowest BCUT2D eigenvalue weighted by Crippen LogP contribution is -2.54. The van der Waals surface area contributed by atoms with E-state index in [1.807, 2.05) is 48.5 Å². The third-order valence-corrected chi connectivity index (χ3v) is 9.36. The third kappa shape index (κ3) is 3.93. The van der Waals surface area contributed by atoms with Crippen molar-refractivity contribution >= 4 is 64.4 Å². The molecule has 42 heavy (non-hydrogen) atoms. The SMILES string of the molecule is O=C(Cc1ccc(Cl)cc1)N/N=C\C12c3ccccc3C(c3ccccc31)[C@H]1C(=O)N(c3ccc(Cl)cc3Cl)C(=O)[C@@H]12. The number of imide groups is 1. The second-order valence-electron chi connectivity index (χ2n) is 10.7.